The lowest BCUT2D eigenvalue weighted by atomic mass is 9.86. The number of hydrogen-bond donors (Lipinski definition) is 1. The second kappa shape index (κ2) is 12.8. The molecule has 1 heterocycles. The van der Waals surface area contributed by atoms with Gasteiger partial charge in [-0.25, -0.2) is 0 Å². The number of amides is 2. The molecule has 0 aromatic heterocycles. The topological polar surface area (TPSA) is 92.8 Å². The van der Waals surface area contributed by atoms with E-state index in [1.54, 1.807) is 36.3 Å². The number of nitrogens with one attached hydrogen (secondary N) is 1. The first-order chi connectivity index (χ1) is 19.1. The Morgan fingerprint density at radius 1 is 0.950 bits per heavy atom. The second-order valence-electron chi connectivity index (χ2n) is 12.1. The SMILES string of the molecule is COc1ccc(C(=O)C2CC(=O)[C@@H]3[C@H]2CCN3C(=O)[C@H](CC(C)C)NC(=O)c2ccc(CCC(C)C)cc2)cc1. The van der Waals surface area contributed by atoms with E-state index in [2.05, 4.69) is 19.2 Å². The van der Waals surface area contributed by atoms with Crippen LogP contribution in [0.1, 0.15) is 79.7 Å². The van der Waals surface area contributed by atoms with Crippen molar-refractivity contribution in [3.05, 3.63) is 65.2 Å². The van der Waals surface area contributed by atoms with Gasteiger partial charge < -0.3 is 15.0 Å². The Bertz CT molecular complexity index is 1220. The number of fused-ring (bicyclic) bond motifs is 1. The van der Waals surface area contributed by atoms with Crippen LogP contribution in [-0.2, 0) is 16.0 Å². The van der Waals surface area contributed by atoms with Crippen LogP contribution in [-0.4, -0.2) is 54.0 Å². The molecule has 2 aliphatic rings. The van der Waals surface area contributed by atoms with Crippen molar-refractivity contribution in [3.63, 3.8) is 0 Å². The first kappa shape index (κ1) is 29.5. The molecule has 40 heavy (non-hydrogen) atoms. The minimum absolute atomic E-state index is 0.0679. The predicted molar refractivity (Wildman–Crippen MR) is 154 cm³/mol. The third-order valence-corrected chi connectivity index (χ3v) is 8.24. The molecule has 0 bridgehead atoms. The molecule has 1 saturated carbocycles. The van der Waals surface area contributed by atoms with Crippen molar-refractivity contribution < 1.29 is 23.9 Å². The summed E-state index contributed by atoms with van der Waals surface area (Å²) < 4.78 is 5.19. The van der Waals surface area contributed by atoms with Gasteiger partial charge >= 0.3 is 0 Å². The van der Waals surface area contributed by atoms with Crippen molar-refractivity contribution in [3.8, 4) is 5.75 Å². The Morgan fingerprint density at radius 3 is 2.20 bits per heavy atom. The number of methoxy groups -OCH3 is 1. The van der Waals surface area contributed by atoms with E-state index >= 15 is 0 Å². The van der Waals surface area contributed by atoms with Crippen LogP contribution in [0.25, 0.3) is 0 Å². The number of Topliss-reactive ketones (excluding diaryl/α,β-unsaturated/α-hetero) is 2. The number of likely N-dealkylation sites (tertiary alicyclic amines) is 1. The second-order valence-corrected chi connectivity index (χ2v) is 12.1. The Hall–Kier alpha value is -3.48. The third kappa shape index (κ3) is 6.62. The van der Waals surface area contributed by atoms with Crippen molar-refractivity contribution in [2.75, 3.05) is 13.7 Å². The normalized spacial score (nSPS) is 21.0. The van der Waals surface area contributed by atoms with Crippen molar-refractivity contribution in [1.82, 2.24) is 10.2 Å². The van der Waals surface area contributed by atoms with E-state index in [1.165, 1.54) is 5.56 Å². The number of benzene rings is 2. The average Bonchev–Trinajstić information content (AvgIpc) is 3.52. The van der Waals surface area contributed by atoms with Gasteiger partial charge in [0.1, 0.15) is 11.8 Å². The molecule has 1 aliphatic heterocycles. The summed E-state index contributed by atoms with van der Waals surface area (Å²) >= 11 is 0. The summed E-state index contributed by atoms with van der Waals surface area (Å²) in [4.78, 5) is 55.1. The predicted octanol–water partition coefficient (Wildman–Crippen LogP) is 5.12. The molecule has 1 saturated heterocycles. The number of nitrogens with zero attached hydrogens (tertiary/aromatic N) is 1. The highest BCUT2D eigenvalue weighted by atomic mass is 16.5. The fraction of sp³-hybridized carbons (Fsp3) is 0.515. The molecule has 0 spiro atoms. The molecule has 2 aromatic rings. The maximum Gasteiger partial charge on any atom is 0.251 e. The lowest BCUT2D eigenvalue weighted by Gasteiger charge is -2.29. The fourth-order valence-electron chi connectivity index (χ4n) is 6.06. The molecule has 1 aliphatic carbocycles. The van der Waals surface area contributed by atoms with Crippen molar-refractivity contribution in [2.24, 2.45) is 23.7 Å². The summed E-state index contributed by atoms with van der Waals surface area (Å²) in [5.41, 5.74) is 2.24. The molecule has 214 valence electrons. The number of carbonyl (C=O) groups is 4. The molecule has 2 fully saturated rings. The summed E-state index contributed by atoms with van der Waals surface area (Å²) in [5, 5.41) is 2.96. The van der Waals surface area contributed by atoms with E-state index in [1.807, 2.05) is 38.1 Å². The van der Waals surface area contributed by atoms with E-state index in [4.69, 9.17) is 4.74 Å². The van der Waals surface area contributed by atoms with Crippen LogP contribution in [0, 0.1) is 23.7 Å². The first-order valence-corrected chi connectivity index (χ1v) is 14.5. The largest absolute Gasteiger partial charge is 0.497 e. The first-order valence-electron chi connectivity index (χ1n) is 14.5. The molecule has 7 nitrogen and oxygen atoms in total. The van der Waals surface area contributed by atoms with Gasteiger partial charge in [-0.15, -0.1) is 0 Å². The standard InChI is InChI=1S/C33H42N2O5/c1-20(2)6-7-22-8-10-24(11-9-22)32(38)34-28(18-21(3)4)33(39)35-17-16-26-27(19-29(36)30(26)35)31(37)23-12-14-25(40-5)15-13-23/h8-15,20-21,26-28,30H,6-7,16-19H2,1-5H3,(H,34,38)/t26-,27?,28-,30-/m0/s1. The zero-order valence-corrected chi connectivity index (χ0v) is 24.3. The third-order valence-electron chi connectivity index (χ3n) is 8.24. The Balaban J connectivity index is 1.45. The number of rotatable bonds is 11. The van der Waals surface area contributed by atoms with E-state index in [-0.39, 0.29) is 41.6 Å². The molecule has 4 rings (SSSR count). The summed E-state index contributed by atoms with van der Waals surface area (Å²) in [6.07, 6.45) is 3.23. The lowest BCUT2D eigenvalue weighted by Crippen LogP contribution is -2.52. The smallest absolute Gasteiger partial charge is 0.251 e. The van der Waals surface area contributed by atoms with Gasteiger partial charge in [-0.2, -0.15) is 0 Å². The van der Waals surface area contributed by atoms with E-state index in [0.29, 0.717) is 42.2 Å². The number of aryl methyl sites for hydroxylation is 1. The molecule has 4 atom stereocenters. The summed E-state index contributed by atoms with van der Waals surface area (Å²) in [7, 11) is 1.57. The van der Waals surface area contributed by atoms with Crippen LogP contribution in [0.3, 0.4) is 0 Å². The van der Waals surface area contributed by atoms with Gasteiger partial charge in [0.25, 0.3) is 5.91 Å². The van der Waals surface area contributed by atoms with Gasteiger partial charge in [0.05, 0.1) is 13.2 Å². The zero-order valence-electron chi connectivity index (χ0n) is 24.3. The molecule has 0 radical (unpaired) electrons. The van der Waals surface area contributed by atoms with Crippen LogP contribution >= 0.6 is 0 Å². The highest BCUT2D eigenvalue weighted by molar-refractivity contribution is 6.05. The molecule has 1 unspecified atom stereocenters. The maximum atomic E-state index is 13.8. The Morgan fingerprint density at radius 2 is 1.60 bits per heavy atom. The highest BCUT2D eigenvalue weighted by Gasteiger charge is 2.53. The highest BCUT2D eigenvalue weighted by Crippen LogP contribution is 2.42. The van der Waals surface area contributed by atoms with Crippen LogP contribution in [0.15, 0.2) is 48.5 Å². The molecule has 2 amide bonds. The van der Waals surface area contributed by atoms with Crippen molar-refractivity contribution in [2.45, 2.75) is 71.9 Å². The van der Waals surface area contributed by atoms with E-state index in [0.717, 1.165) is 12.8 Å². The Kier molecular flexibility index (Phi) is 9.44. The maximum absolute atomic E-state index is 13.8. The van der Waals surface area contributed by atoms with Crippen LogP contribution in [0.5, 0.6) is 5.75 Å². The van der Waals surface area contributed by atoms with Gasteiger partial charge in [0.15, 0.2) is 11.6 Å². The van der Waals surface area contributed by atoms with Gasteiger partial charge in [-0.05, 0) is 85.4 Å². The molecular weight excluding hydrogens is 504 g/mol. The molecule has 7 heteroatoms. The number of hydrogen-bond acceptors (Lipinski definition) is 5. The molecular formula is C33H42N2O5. The van der Waals surface area contributed by atoms with Crippen molar-refractivity contribution in [1.29, 1.82) is 0 Å². The van der Waals surface area contributed by atoms with Gasteiger partial charge in [0, 0.05) is 30.0 Å². The van der Waals surface area contributed by atoms with Crippen LogP contribution in [0.2, 0.25) is 0 Å². The summed E-state index contributed by atoms with van der Waals surface area (Å²) in [5.74, 6) is 0.0968. The van der Waals surface area contributed by atoms with E-state index < -0.39 is 18.0 Å². The van der Waals surface area contributed by atoms with Gasteiger partial charge in [-0.3, -0.25) is 19.2 Å². The lowest BCUT2D eigenvalue weighted by molar-refractivity contribution is -0.138. The zero-order chi connectivity index (χ0) is 29.0. The molecule has 2 aromatic carbocycles. The molecule has 1 N–H and O–H groups in total. The minimum atomic E-state index is -0.740. The number of carbonyl (C=O) groups excluding carboxylic acids is 4. The van der Waals surface area contributed by atoms with Gasteiger partial charge in [0.2, 0.25) is 5.91 Å². The monoisotopic (exact) mass is 546 g/mol. The minimum Gasteiger partial charge on any atom is -0.497 e. The van der Waals surface area contributed by atoms with Crippen LogP contribution in [0.4, 0.5) is 0 Å². The average molecular weight is 547 g/mol. The number of ether oxygens (including phenoxy) is 1. The van der Waals surface area contributed by atoms with E-state index in [9.17, 15) is 19.2 Å². The summed E-state index contributed by atoms with van der Waals surface area (Å²) in [6, 6.07) is 13.1. The number of ketones is 2. The van der Waals surface area contributed by atoms with Crippen LogP contribution < -0.4 is 10.1 Å². The van der Waals surface area contributed by atoms with Crippen molar-refractivity contribution >= 4 is 23.4 Å². The van der Waals surface area contributed by atoms with Gasteiger partial charge in [-0.1, -0.05) is 39.8 Å². The summed E-state index contributed by atoms with van der Waals surface area (Å²) in [6.45, 7) is 8.80. The quantitative estimate of drug-likeness (QED) is 0.395. The Labute approximate surface area is 237 Å². The fourth-order valence-corrected chi connectivity index (χ4v) is 6.06.